The fraction of sp³-hybridized carbons (Fsp3) is 0.619. The van der Waals surface area contributed by atoms with Gasteiger partial charge in [-0.1, -0.05) is 43.7 Å². The van der Waals surface area contributed by atoms with Gasteiger partial charge in [0.1, 0.15) is 0 Å². The molecule has 3 rings (SSSR count). The van der Waals surface area contributed by atoms with Crippen molar-refractivity contribution in [2.24, 2.45) is 5.41 Å². The van der Waals surface area contributed by atoms with Crippen molar-refractivity contribution in [3.05, 3.63) is 35.4 Å². The summed E-state index contributed by atoms with van der Waals surface area (Å²) in [5.74, 6) is -0.0351. The van der Waals surface area contributed by atoms with Crippen LogP contribution in [0.2, 0.25) is 0 Å². The van der Waals surface area contributed by atoms with Gasteiger partial charge < -0.3 is 15.0 Å². The van der Waals surface area contributed by atoms with Gasteiger partial charge >= 0.3 is 0 Å². The van der Waals surface area contributed by atoms with Crippen LogP contribution >= 0.6 is 0 Å². The Morgan fingerprint density at radius 1 is 1.31 bits per heavy atom. The highest BCUT2D eigenvalue weighted by Gasteiger charge is 2.52. The number of nitrogens with zero attached hydrogens (tertiary/aromatic N) is 1. The summed E-state index contributed by atoms with van der Waals surface area (Å²) in [6.07, 6.45) is 2.51. The summed E-state index contributed by atoms with van der Waals surface area (Å²) >= 11 is 0. The Morgan fingerprint density at radius 2 is 2.00 bits per heavy atom. The van der Waals surface area contributed by atoms with E-state index < -0.39 is 0 Å². The number of amides is 2. The van der Waals surface area contributed by atoms with Crippen molar-refractivity contribution < 1.29 is 14.3 Å². The summed E-state index contributed by atoms with van der Waals surface area (Å²) in [4.78, 5) is 26.6. The summed E-state index contributed by atoms with van der Waals surface area (Å²) in [5.41, 5.74) is 2.20. The van der Waals surface area contributed by atoms with Crippen LogP contribution in [-0.4, -0.2) is 42.0 Å². The second-order valence-electron chi connectivity index (χ2n) is 8.37. The highest BCUT2D eigenvalue weighted by atomic mass is 16.5. The predicted molar refractivity (Wildman–Crippen MR) is 101 cm³/mol. The number of rotatable bonds is 5. The Morgan fingerprint density at radius 3 is 2.54 bits per heavy atom. The maximum Gasteiger partial charge on any atom is 0.225 e. The molecule has 5 nitrogen and oxygen atoms in total. The summed E-state index contributed by atoms with van der Waals surface area (Å²) in [6, 6.07) is 7.83. The Hall–Kier alpha value is -1.88. The molecular weight excluding hydrogens is 328 g/mol. The van der Waals surface area contributed by atoms with E-state index in [2.05, 4.69) is 19.2 Å². The number of carbonyl (C=O) groups is 2. The van der Waals surface area contributed by atoms with Gasteiger partial charge in [0.05, 0.1) is 24.6 Å². The summed E-state index contributed by atoms with van der Waals surface area (Å²) < 4.78 is 5.88. The van der Waals surface area contributed by atoms with E-state index in [1.54, 1.807) is 0 Å². The molecule has 2 saturated heterocycles. The predicted octanol–water partition coefficient (Wildman–Crippen LogP) is 2.98. The van der Waals surface area contributed by atoms with E-state index in [1.165, 1.54) is 6.92 Å². The van der Waals surface area contributed by atoms with Gasteiger partial charge in [0.25, 0.3) is 0 Å². The van der Waals surface area contributed by atoms with Gasteiger partial charge in [-0.3, -0.25) is 9.59 Å². The van der Waals surface area contributed by atoms with Crippen molar-refractivity contribution >= 4 is 11.8 Å². The standard InChI is InChI=1S/C21H30N2O3/c1-14-7-9-16(10-8-14)17(22-15(2)24)12-19(25)23-13-21(3,4)20(23)18-6-5-11-26-18/h7-10,17-18,20H,5-6,11-13H2,1-4H3,(H,22,24). The first-order chi connectivity index (χ1) is 12.3. The van der Waals surface area contributed by atoms with Crippen LogP contribution < -0.4 is 5.32 Å². The molecule has 26 heavy (non-hydrogen) atoms. The number of carbonyl (C=O) groups excluding carboxylic acids is 2. The molecule has 2 amide bonds. The number of benzene rings is 1. The molecule has 1 N–H and O–H groups in total. The van der Waals surface area contributed by atoms with E-state index in [4.69, 9.17) is 4.74 Å². The lowest BCUT2D eigenvalue weighted by molar-refractivity contribution is -0.165. The molecule has 0 radical (unpaired) electrons. The molecule has 1 aromatic rings. The molecule has 2 aliphatic rings. The molecule has 3 atom stereocenters. The van der Waals surface area contributed by atoms with Crippen molar-refractivity contribution in [3.8, 4) is 0 Å². The van der Waals surface area contributed by atoms with Crippen LogP contribution in [0.1, 0.15) is 57.2 Å². The monoisotopic (exact) mass is 358 g/mol. The first kappa shape index (κ1) is 18.9. The summed E-state index contributed by atoms with van der Waals surface area (Å²) in [6.45, 7) is 9.46. The van der Waals surface area contributed by atoms with E-state index in [-0.39, 0.29) is 41.8 Å². The van der Waals surface area contributed by atoms with Crippen molar-refractivity contribution in [3.63, 3.8) is 0 Å². The second-order valence-corrected chi connectivity index (χ2v) is 8.37. The minimum absolute atomic E-state index is 0.0814. The Labute approximate surface area is 156 Å². The average Bonchev–Trinajstić information content (AvgIpc) is 3.06. The van der Waals surface area contributed by atoms with Crippen molar-refractivity contribution in [2.45, 2.75) is 65.1 Å². The molecule has 0 spiro atoms. The SMILES string of the molecule is CC(=O)NC(CC(=O)N1CC(C)(C)C1C1CCCO1)c1ccc(C)cc1. The van der Waals surface area contributed by atoms with Crippen LogP contribution in [-0.2, 0) is 14.3 Å². The Balaban J connectivity index is 1.72. The van der Waals surface area contributed by atoms with Gasteiger partial charge in [-0.25, -0.2) is 0 Å². The largest absolute Gasteiger partial charge is 0.376 e. The topological polar surface area (TPSA) is 58.6 Å². The minimum atomic E-state index is -0.297. The van der Waals surface area contributed by atoms with Gasteiger partial charge in [-0.15, -0.1) is 0 Å². The first-order valence-corrected chi connectivity index (χ1v) is 9.52. The summed E-state index contributed by atoms with van der Waals surface area (Å²) in [5, 5.41) is 2.94. The lowest BCUT2D eigenvalue weighted by Crippen LogP contribution is -2.68. The number of hydrogen-bond donors (Lipinski definition) is 1. The van der Waals surface area contributed by atoms with Crippen LogP contribution in [0, 0.1) is 12.3 Å². The van der Waals surface area contributed by atoms with Crippen LogP contribution in [0.5, 0.6) is 0 Å². The van der Waals surface area contributed by atoms with E-state index in [9.17, 15) is 9.59 Å². The third-order valence-corrected chi connectivity index (χ3v) is 5.59. The lowest BCUT2D eigenvalue weighted by atomic mass is 9.71. The molecule has 1 aromatic carbocycles. The van der Waals surface area contributed by atoms with Gasteiger partial charge in [0.2, 0.25) is 11.8 Å². The molecule has 2 aliphatic heterocycles. The molecule has 5 heteroatoms. The lowest BCUT2D eigenvalue weighted by Gasteiger charge is -2.56. The number of likely N-dealkylation sites (tertiary alicyclic amines) is 1. The Bertz CT molecular complexity index is 662. The number of nitrogens with one attached hydrogen (secondary N) is 1. The van der Waals surface area contributed by atoms with Gasteiger partial charge in [0, 0.05) is 25.5 Å². The molecule has 0 saturated carbocycles. The molecular formula is C21H30N2O3. The van der Waals surface area contributed by atoms with E-state index in [0.717, 1.165) is 37.1 Å². The van der Waals surface area contributed by atoms with Gasteiger partial charge in [-0.05, 0) is 25.3 Å². The van der Waals surface area contributed by atoms with Gasteiger partial charge in [0.15, 0.2) is 0 Å². The third kappa shape index (κ3) is 3.93. The maximum atomic E-state index is 13.0. The summed E-state index contributed by atoms with van der Waals surface area (Å²) in [7, 11) is 0. The van der Waals surface area contributed by atoms with Crippen molar-refractivity contribution in [1.29, 1.82) is 0 Å². The van der Waals surface area contributed by atoms with Crippen LogP contribution in [0.3, 0.4) is 0 Å². The zero-order valence-electron chi connectivity index (χ0n) is 16.2. The highest BCUT2D eigenvalue weighted by Crippen LogP contribution is 2.43. The number of hydrogen-bond acceptors (Lipinski definition) is 3. The van der Waals surface area contributed by atoms with Crippen molar-refractivity contribution in [1.82, 2.24) is 10.2 Å². The second kappa shape index (κ2) is 7.39. The zero-order valence-corrected chi connectivity index (χ0v) is 16.2. The van der Waals surface area contributed by atoms with E-state index in [0.29, 0.717) is 0 Å². The van der Waals surface area contributed by atoms with E-state index in [1.807, 2.05) is 36.1 Å². The molecule has 3 unspecified atom stereocenters. The normalized spacial score (nSPS) is 25.5. The zero-order chi connectivity index (χ0) is 18.9. The Kier molecular flexibility index (Phi) is 5.37. The number of aryl methyl sites for hydroxylation is 1. The van der Waals surface area contributed by atoms with Crippen LogP contribution in [0.15, 0.2) is 24.3 Å². The minimum Gasteiger partial charge on any atom is -0.376 e. The highest BCUT2D eigenvalue weighted by molar-refractivity contribution is 5.80. The fourth-order valence-corrected chi connectivity index (χ4v) is 4.33. The number of ether oxygens (including phenoxy) is 1. The molecule has 0 bridgehead atoms. The average molecular weight is 358 g/mol. The van der Waals surface area contributed by atoms with Crippen LogP contribution in [0.4, 0.5) is 0 Å². The fourth-order valence-electron chi connectivity index (χ4n) is 4.33. The van der Waals surface area contributed by atoms with Crippen molar-refractivity contribution in [2.75, 3.05) is 13.2 Å². The molecule has 0 aliphatic carbocycles. The molecule has 0 aromatic heterocycles. The third-order valence-electron chi connectivity index (χ3n) is 5.59. The maximum absolute atomic E-state index is 13.0. The smallest absolute Gasteiger partial charge is 0.225 e. The van der Waals surface area contributed by atoms with Gasteiger partial charge in [-0.2, -0.15) is 0 Å². The van der Waals surface area contributed by atoms with Crippen LogP contribution in [0.25, 0.3) is 0 Å². The van der Waals surface area contributed by atoms with E-state index >= 15 is 0 Å². The molecule has 142 valence electrons. The quantitative estimate of drug-likeness (QED) is 0.880. The molecule has 2 heterocycles. The molecule has 2 fully saturated rings. The first-order valence-electron chi connectivity index (χ1n) is 9.52.